The number of hydrogen-bond acceptors (Lipinski definition) is 5. The van der Waals surface area contributed by atoms with E-state index in [1.807, 2.05) is 24.3 Å². The zero-order chi connectivity index (χ0) is 11.8. The molecule has 0 aliphatic carbocycles. The minimum absolute atomic E-state index is 0.376. The Labute approximate surface area is 105 Å². The quantitative estimate of drug-likeness (QED) is 0.688. The molecular weight excluding hydrogens is 284 g/mol. The Balaban J connectivity index is 2.27. The first kappa shape index (κ1) is 10.2. The molecular formula is C10H7BrN6. The number of aromatic nitrogens is 5. The topological polar surface area (TPSA) is 82.5 Å². The zero-order valence-corrected chi connectivity index (χ0v) is 10.2. The van der Waals surface area contributed by atoms with Gasteiger partial charge in [0.2, 0.25) is 0 Å². The van der Waals surface area contributed by atoms with E-state index in [2.05, 4.69) is 36.2 Å². The van der Waals surface area contributed by atoms with Crippen LogP contribution in [0.25, 0.3) is 17.0 Å². The summed E-state index contributed by atoms with van der Waals surface area (Å²) in [5.41, 5.74) is 7.29. The minimum atomic E-state index is 0.376. The average Bonchev–Trinajstić information content (AvgIpc) is 2.71. The van der Waals surface area contributed by atoms with E-state index < -0.39 is 0 Å². The Morgan fingerprint density at radius 3 is 2.82 bits per heavy atom. The van der Waals surface area contributed by atoms with Crippen LogP contribution < -0.4 is 5.73 Å². The van der Waals surface area contributed by atoms with Gasteiger partial charge in [-0.05, 0) is 28.1 Å². The highest BCUT2D eigenvalue weighted by molar-refractivity contribution is 9.10. The lowest BCUT2D eigenvalue weighted by Crippen LogP contribution is -2.05. The standard InChI is InChI=1S/C10H7BrN6/c11-8-5-9(12)14-10(13-8)17-7-4-2-1-3-6(7)15-16-17/h1-5H,(H2,12,13,14). The molecule has 0 saturated heterocycles. The lowest BCUT2D eigenvalue weighted by atomic mass is 10.3. The van der Waals surface area contributed by atoms with E-state index >= 15 is 0 Å². The van der Waals surface area contributed by atoms with Crippen LogP contribution in [-0.4, -0.2) is 25.0 Å². The number of nitrogens with zero attached hydrogens (tertiary/aromatic N) is 5. The number of benzene rings is 1. The van der Waals surface area contributed by atoms with Gasteiger partial charge in [-0.25, -0.2) is 4.98 Å². The summed E-state index contributed by atoms with van der Waals surface area (Å²) in [7, 11) is 0. The summed E-state index contributed by atoms with van der Waals surface area (Å²) >= 11 is 3.27. The molecule has 6 nitrogen and oxygen atoms in total. The maximum absolute atomic E-state index is 5.67. The molecule has 0 fully saturated rings. The molecule has 3 rings (SSSR count). The first-order valence-electron chi connectivity index (χ1n) is 4.85. The van der Waals surface area contributed by atoms with Crippen molar-refractivity contribution in [1.82, 2.24) is 25.0 Å². The smallest absolute Gasteiger partial charge is 0.255 e. The Morgan fingerprint density at radius 1 is 1.18 bits per heavy atom. The van der Waals surface area contributed by atoms with Gasteiger partial charge in [-0.2, -0.15) is 9.67 Å². The molecule has 0 unspecified atom stereocenters. The van der Waals surface area contributed by atoms with Crippen LogP contribution in [0, 0.1) is 0 Å². The Bertz CT molecular complexity index is 672. The van der Waals surface area contributed by atoms with Crippen molar-refractivity contribution in [2.75, 3.05) is 5.73 Å². The molecule has 2 heterocycles. The van der Waals surface area contributed by atoms with Crippen LogP contribution in [0.2, 0.25) is 0 Å². The van der Waals surface area contributed by atoms with Gasteiger partial charge in [0.1, 0.15) is 15.9 Å². The second-order valence-electron chi connectivity index (χ2n) is 3.41. The molecule has 0 atom stereocenters. The molecule has 1 aromatic carbocycles. The monoisotopic (exact) mass is 290 g/mol. The SMILES string of the molecule is Nc1cc(Br)nc(-n2nnc3ccccc32)n1. The van der Waals surface area contributed by atoms with Gasteiger partial charge in [0.15, 0.2) is 0 Å². The van der Waals surface area contributed by atoms with Crippen LogP contribution in [0.4, 0.5) is 5.82 Å². The third kappa shape index (κ3) is 1.74. The van der Waals surface area contributed by atoms with Crippen LogP contribution in [0.5, 0.6) is 0 Å². The maximum Gasteiger partial charge on any atom is 0.255 e. The molecule has 7 heteroatoms. The second kappa shape index (κ2) is 3.77. The van der Waals surface area contributed by atoms with Crippen molar-refractivity contribution >= 4 is 32.8 Å². The molecule has 17 heavy (non-hydrogen) atoms. The number of nitrogen functional groups attached to an aromatic ring is 1. The van der Waals surface area contributed by atoms with E-state index in [1.165, 1.54) is 0 Å². The van der Waals surface area contributed by atoms with E-state index in [0.29, 0.717) is 16.4 Å². The van der Waals surface area contributed by atoms with Crippen molar-refractivity contribution in [3.8, 4) is 5.95 Å². The number of nitrogens with two attached hydrogens (primary N) is 1. The third-order valence-corrected chi connectivity index (χ3v) is 2.65. The van der Waals surface area contributed by atoms with Gasteiger partial charge in [-0.1, -0.05) is 17.3 Å². The Morgan fingerprint density at radius 2 is 2.00 bits per heavy atom. The predicted molar refractivity (Wildman–Crippen MR) is 66.6 cm³/mol. The number of halogens is 1. The van der Waals surface area contributed by atoms with Crippen LogP contribution in [0.3, 0.4) is 0 Å². The fraction of sp³-hybridized carbons (Fsp3) is 0. The fourth-order valence-corrected chi connectivity index (χ4v) is 1.93. The summed E-state index contributed by atoms with van der Waals surface area (Å²) in [4.78, 5) is 8.34. The Hall–Kier alpha value is -2.02. The van der Waals surface area contributed by atoms with Crippen molar-refractivity contribution in [2.45, 2.75) is 0 Å². The van der Waals surface area contributed by atoms with Crippen LogP contribution in [0.15, 0.2) is 34.9 Å². The summed E-state index contributed by atoms with van der Waals surface area (Å²) in [5.74, 6) is 0.770. The summed E-state index contributed by atoms with van der Waals surface area (Å²) in [5, 5.41) is 8.04. The van der Waals surface area contributed by atoms with E-state index in [9.17, 15) is 0 Å². The van der Waals surface area contributed by atoms with Crippen molar-refractivity contribution in [3.05, 3.63) is 34.9 Å². The van der Waals surface area contributed by atoms with Crippen LogP contribution in [-0.2, 0) is 0 Å². The second-order valence-corrected chi connectivity index (χ2v) is 4.22. The molecule has 0 spiro atoms. The molecule has 2 aromatic heterocycles. The number of rotatable bonds is 1. The molecule has 3 aromatic rings. The lowest BCUT2D eigenvalue weighted by Gasteiger charge is -2.01. The highest BCUT2D eigenvalue weighted by Crippen LogP contribution is 2.16. The molecule has 0 amide bonds. The van der Waals surface area contributed by atoms with Crippen molar-refractivity contribution < 1.29 is 0 Å². The van der Waals surface area contributed by atoms with Gasteiger partial charge in [0, 0.05) is 6.07 Å². The Kier molecular flexibility index (Phi) is 2.25. The van der Waals surface area contributed by atoms with Crippen LogP contribution >= 0.6 is 15.9 Å². The fourth-order valence-electron chi connectivity index (χ4n) is 1.53. The summed E-state index contributed by atoms with van der Waals surface area (Å²) < 4.78 is 2.16. The highest BCUT2D eigenvalue weighted by atomic mass is 79.9. The molecule has 0 aliphatic heterocycles. The van der Waals surface area contributed by atoms with Gasteiger partial charge in [-0.3, -0.25) is 0 Å². The third-order valence-electron chi connectivity index (χ3n) is 2.24. The zero-order valence-electron chi connectivity index (χ0n) is 8.58. The van der Waals surface area contributed by atoms with Gasteiger partial charge in [0.05, 0.1) is 5.52 Å². The van der Waals surface area contributed by atoms with Crippen molar-refractivity contribution in [3.63, 3.8) is 0 Å². The molecule has 0 radical (unpaired) electrons. The first-order valence-corrected chi connectivity index (χ1v) is 5.64. The highest BCUT2D eigenvalue weighted by Gasteiger charge is 2.09. The molecule has 0 aliphatic rings. The van der Waals surface area contributed by atoms with Crippen molar-refractivity contribution in [1.29, 1.82) is 0 Å². The van der Waals surface area contributed by atoms with Gasteiger partial charge >= 0.3 is 0 Å². The number of hydrogen-bond donors (Lipinski definition) is 1. The first-order chi connectivity index (χ1) is 8.24. The number of anilines is 1. The van der Waals surface area contributed by atoms with Gasteiger partial charge in [0.25, 0.3) is 5.95 Å². The van der Waals surface area contributed by atoms with Gasteiger partial charge in [-0.15, -0.1) is 5.10 Å². The van der Waals surface area contributed by atoms with E-state index in [4.69, 9.17) is 5.73 Å². The normalized spacial score (nSPS) is 10.9. The average molecular weight is 291 g/mol. The van der Waals surface area contributed by atoms with E-state index in [-0.39, 0.29) is 0 Å². The predicted octanol–water partition coefficient (Wildman–Crippen LogP) is 1.56. The largest absolute Gasteiger partial charge is 0.383 e. The van der Waals surface area contributed by atoms with Crippen LogP contribution in [0.1, 0.15) is 0 Å². The van der Waals surface area contributed by atoms with Crippen molar-refractivity contribution in [2.24, 2.45) is 0 Å². The lowest BCUT2D eigenvalue weighted by molar-refractivity contribution is 0.772. The number of para-hydroxylation sites is 1. The molecule has 2 N–H and O–H groups in total. The maximum atomic E-state index is 5.67. The minimum Gasteiger partial charge on any atom is -0.383 e. The summed E-state index contributed by atoms with van der Waals surface area (Å²) in [6, 6.07) is 9.21. The summed E-state index contributed by atoms with van der Waals surface area (Å²) in [6.07, 6.45) is 0. The number of fused-ring (bicyclic) bond motifs is 1. The van der Waals surface area contributed by atoms with E-state index in [0.717, 1.165) is 11.0 Å². The molecule has 84 valence electrons. The molecule has 0 bridgehead atoms. The summed E-state index contributed by atoms with van der Waals surface area (Å²) in [6.45, 7) is 0. The van der Waals surface area contributed by atoms with Gasteiger partial charge < -0.3 is 5.73 Å². The molecule has 0 saturated carbocycles. The van der Waals surface area contributed by atoms with E-state index in [1.54, 1.807) is 10.7 Å².